The number of rotatable bonds is 7. The van der Waals surface area contributed by atoms with Crippen molar-refractivity contribution < 1.29 is 18.8 Å². The van der Waals surface area contributed by atoms with Gasteiger partial charge in [0.15, 0.2) is 0 Å². The van der Waals surface area contributed by atoms with E-state index >= 15 is 0 Å². The van der Waals surface area contributed by atoms with Gasteiger partial charge in [0.1, 0.15) is 23.0 Å². The number of nitrogens with zero attached hydrogens (tertiary/aromatic N) is 2. The maximum atomic E-state index is 12.4. The maximum Gasteiger partial charge on any atom is 0.225 e. The van der Waals surface area contributed by atoms with Gasteiger partial charge in [0.05, 0.1) is 25.9 Å². The Balaban J connectivity index is 1.59. The molecule has 0 saturated carbocycles. The predicted octanol–water partition coefficient (Wildman–Crippen LogP) is 3.17. The zero-order valence-electron chi connectivity index (χ0n) is 15.4. The van der Waals surface area contributed by atoms with Crippen LogP contribution in [0.25, 0.3) is 0 Å². The van der Waals surface area contributed by atoms with Gasteiger partial charge in [0, 0.05) is 25.1 Å². The lowest BCUT2D eigenvalue weighted by molar-refractivity contribution is -0.116. The van der Waals surface area contributed by atoms with Crippen molar-refractivity contribution in [3.05, 3.63) is 35.7 Å². The minimum absolute atomic E-state index is 0.0569. The van der Waals surface area contributed by atoms with Crippen LogP contribution in [-0.4, -0.2) is 43.3 Å². The van der Waals surface area contributed by atoms with Crippen molar-refractivity contribution in [3.8, 4) is 11.5 Å². The van der Waals surface area contributed by atoms with Gasteiger partial charge in [-0.2, -0.15) is 0 Å². The number of anilines is 1. The van der Waals surface area contributed by atoms with Crippen molar-refractivity contribution in [1.82, 2.24) is 10.1 Å². The maximum absolute atomic E-state index is 12.4. The number of carbonyl (C=O) groups is 1. The molecular formula is C19H25N3O4. The Bertz CT molecular complexity index is 759. The molecule has 1 amide bonds. The molecule has 1 aromatic carbocycles. The number of aryl methyl sites for hydroxylation is 1. The van der Waals surface area contributed by atoms with E-state index in [1.54, 1.807) is 32.4 Å². The van der Waals surface area contributed by atoms with Gasteiger partial charge in [0.2, 0.25) is 5.91 Å². The first-order valence-corrected chi connectivity index (χ1v) is 8.80. The van der Waals surface area contributed by atoms with Crippen LogP contribution in [0.3, 0.4) is 0 Å². The third-order valence-electron chi connectivity index (χ3n) is 4.66. The van der Waals surface area contributed by atoms with Gasteiger partial charge >= 0.3 is 0 Å². The molecule has 1 unspecified atom stereocenters. The molecule has 140 valence electrons. The van der Waals surface area contributed by atoms with E-state index in [-0.39, 0.29) is 11.9 Å². The molecule has 0 spiro atoms. The number of nitrogens with one attached hydrogen (secondary N) is 1. The van der Waals surface area contributed by atoms with E-state index in [0.29, 0.717) is 30.2 Å². The third-order valence-corrected chi connectivity index (χ3v) is 4.66. The molecular weight excluding hydrogens is 334 g/mol. The second kappa shape index (κ2) is 8.23. The monoisotopic (exact) mass is 359 g/mol. The lowest BCUT2D eigenvalue weighted by Crippen LogP contribution is -2.28. The van der Waals surface area contributed by atoms with Crippen LogP contribution < -0.4 is 14.8 Å². The first-order valence-electron chi connectivity index (χ1n) is 8.80. The fourth-order valence-corrected chi connectivity index (χ4v) is 3.34. The van der Waals surface area contributed by atoms with Gasteiger partial charge < -0.3 is 19.3 Å². The Kier molecular flexibility index (Phi) is 5.78. The summed E-state index contributed by atoms with van der Waals surface area (Å²) in [6.07, 6.45) is 2.53. The number of hydrogen-bond acceptors (Lipinski definition) is 6. The Hall–Kier alpha value is -2.54. The van der Waals surface area contributed by atoms with Crippen molar-refractivity contribution in [3.63, 3.8) is 0 Å². The molecule has 1 aliphatic rings. The fraction of sp³-hybridized carbons (Fsp3) is 0.474. The molecule has 1 fully saturated rings. The smallest absolute Gasteiger partial charge is 0.225 e. The molecule has 0 radical (unpaired) electrons. The highest BCUT2D eigenvalue weighted by Crippen LogP contribution is 2.32. The number of ether oxygens (including phenoxy) is 2. The van der Waals surface area contributed by atoms with E-state index < -0.39 is 0 Å². The second-order valence-electron chi connectivity index (χ2n) is 6.42. The van der Waals surface area contributed by atoms with Crippen molar-refractivity contribution >= 4 is 11.6 Å². The van der Waals surface area contributed by atoms with Crippen LogP contribution in [0.4, 0.5) is 5.69 Å². The van der Waals surface area contributed by atoms with Crippen LogP contribution in [-0.2, 0) is 4.79 Å². The highest BCUT2D eigenvalue weighted by atomic mass is 16.5. The highest BCUT2D eigenvalue weighted by molar-refractivity contribution is 5.92. The van der Waals surface area contributed by atoms with Gasteiger partial charge in [-0.25, -0.2) is 0 Å². The Morgan fingerprint density at radius 1 is 1.35 bits per heavy atom. The lowest BCUT2D eigenvalue weighted by atomic mass is 10.1. The average Bonchev–Trinajstić information content (AvgIpc) is 3.28. The summed E-state index contributed by atoms with van der Waals surface area (Å²) in [5.41, 5.74) is 1.57. The molecule has 3 rings (SSSR count). The summed E-state index contributed by atoms with van der Waals surface area (Å²) in [5.74, 6) is 2.03. The second-order valence-corrected chi connectivity index (χ2v) is 6.42. The van der Waals surface area contributed by atoms with Gasteiger partial charge in [-0.05, 0) is 38.4 Å². The molecule has 7 nitrogen and oxygen atoms in total. The SMILES string of the molecule is COc1ccc(OC)c(NC(=O)CCN2CCCC2c2cc(C)on2)c1. The quantitative estimate of drug-likeness (QED) is 0.818. The highest BCUT2D eigenvalue weighted by Gasteiger charge is 2.28. The van der Waals surface area contributed by atoms with Crippen molar-refractivity contribution in [2.24, 2.45) is 0 Å². The first-order chi connectivity index (χ1) is 12.6. The summed E-state index contributed by atoms with van der Waals surface area (Å²) in [5, 5.41) is 7.05. The predicted molar refractivity (Wildman–Crippen MR) is 97.6 cm³/mol. The molecule has 1 aliphatic heterocycles. The molecule has 2 heterocycles. The summed E-state index contributed by atoms with van der Waals surface area (Å²) in [7, 11) is 3.17. The zero-order valence-corrected chi connectivity index (χ0v) is 15.4. The number of amides is 1. The van der Waals surface area contributed by atoms with Crippen LogP contribution in [0.15, 0.2) is 28.8 Å². The molecule has 2 aromatic rings. The van der Waals surface area contributed by atoms with Crippen LogP contribution in [0.1, 0.15) is 36.8 Å². The van der Waals surface area contributed by atoms with Gasteiger partial charge in [-0.3, -0.25) is 9.69 Å². The van der Waals surface area contributed by atoms with Crippen molar-refractivity contribution in [2.75, 3.05) is 32.6 Å². The number of aromatic nitrogens is 1. The summed E-state index contributed by atoms with van der Waals surface area (Å²) in [6.45, 7) is 3.53. The molecule has 26 heavy (non-hydrogen) atoms. The van der Waals surface area contributed by atoms with Crippen LogP contribution >= 0.6 is 0 Å². The molecule has 0 aliphatic carbocycles. The summed E-state index contributed by atoms with van der Waals surface area (Å²) >= 11 is 0. The van der Waals surface area contributed by atoms with E-state index in [2.05, 4.69) is 15.4 Å². The van der Waals surface area contributed by atoms with Gasteiger partial charge in [-0.15, -0.1) is 0 Å². The number of carbonyl (C=O) groups excluding carboxylic acids is 1. The molecule has 1 atom stereocenters. The minimum Gasteiger partial charge on any atom is -0.497 e. The van der Waals surface area contributed by atoms with Crippen molar-refractivity contribution in [2.45, 2.75) is 32.2 Å². The van der Waals surface area contributed by atoms with E-state index in [4.69, 9.17) is 14.0 Å². The van der Waals surface area contributed by atoms with Gasteiger partial charge in [-0.1, -0.05) is 5.16 Å². The van der Waals surface area contributed by atoms with Crippen molar-refractivity contribution in [1.29, 1.82) is 0 Å². The molecule has 1 N–H and O–H groups in total. The summed E-state index contributed by atoms with van der Waals surface area (Å²) < 4.78 is 15.7. The van der Waals surface area contributed by atoms with Gasteiger partial charge in [0.25, 0.3) is 0 Å². The topological polar surface area (TPSA) is 76.8 Å². The number of likely N-dealkylation sites (tertiary alicyclic amines) is 1. The Morgan fingerprint density at radius 2 is 2.19 bits per heavy atom. The Morgan fingerprint density at radius 3 is 2.88 bits per heavy atom. The van der Waals surface area contributed by atoms with Crippen LogP contribution in [0, 0.1) is 6.92 Å². The van der Waals surface area contributed by atoms with E-state index in [1.165, 1.54) is 0 Å². The molecule has 7 heteroatoms. The summed E-state index contributed by atoms with van der Waals surface area (Å²) in [4.78, 5) is 14.7. The Labute approximate surface area is 153 Å². The number of benzene rings is 1. The van der Waals surface area contributed by atoms with Crippen LogP contribution in [0.5, 0.6) is 11.5 Å². The largest absolute Gasteiger partial charge is 0.497 e. The summed E-state index contributed by atoms with van der Waals surface area (Å²) in [6, 6.07) is 7.53. The first kappa shape index (κ1) is 18.3. The molecule has 1 saturated heterocycles. The fourth-order valence-electron chi connectivity index (χ4n) is 3.34. The third kappa shape index (κ3) is 4.16. The van der Waals surface area contributed by atoms with E-state index in [1.807, 2.05) is 13.0 Å². The number of methoxy groups -OCH3 is 2. The molecule has 1 aromatic heterocycles. The average molecular weight is 359 g/mol. The van der Waals surface area contributed by atoms with E-state index in [0.717, 1.165) is 30.8 Å². The van der Waals surface area contributed by atoms with Crippen LogP contribution in [0.2, 0.25) is 0 Å². The standard InChI is InChI=1S/C19H25N3O4/c1-13-11-15(21-26-13)17-5-4-9-22(17)10-8-19(23)20-16-12-14(24-2)6-7-18(16)25-3/h6-7,11-12,17H,4-5,8-10H2,1-3H3,(H,20,23). The van der Waals surface area contributed by atoms with E-state index in [9.17, 15) is 4.79 Å². The molecule has 0 bridgehead atoms. The number of hydrogen-bond donors (Lipinski definition) is 1. The normalized spacial score (nSPS) is 17.3. The minimum atomic E-state index is -0.0569. The zero-order chi connectivity index (χ0) is 18.5. The lowest BCUT2D eigenvalue weighted by Gasteiger charge is -2.22.